The van der Waals surface area contributed by atoms with E-state index in [1.165, 1.54) is 5.56 Å². The molecule has 0 aromatic heterocycles. The Morgan fingerprint density at radius 3 is 2.76 bits per heavy atom. The maximum atomic E-state index is 12.2. The van der Waals surface area contributed by atoms with E-state index in [1.807, 2.05) is 30.0 Å². The first-order valence-electron chi connectivity index (χ1n) is 6.26. The average Bonchev–Trinajstić information content (AvgIpc) is 2.79. The number of rotatable bonds is 1. The van der Waals surface area contributed by atoms with E-state index in [1.54, 1.807) is 0 Å². The van der Waals surface area contributed by atoms with E-state index in [4.69, 9.17) is 4.74 Å². The maximum absolute atomic E-state index is 12.2. The van der Waals surface area contributed by atoms with Crippen LogP contribution in [0.1, 0.15) is 31.4 Å². The van der Waals surface area contributed by atoms with Crippen molar-refractivity contribution in [3.8, 4) is 0 Å². The SMILES string of the molecule is C[C@H]1CC[C@@H]2OC[C@@H](c3ccccc3)N2C1=O. The number of hydrogen-bond acceptors (Lipinski definition) is 2. The Morgan fingerprint density at radius 1 is 1.24 bits per heavy atom. The van der Waals surface area contributed by atoms with Gasteiger partial charge in [-0.3, -0.25) is 4.79 Å². The summed E-state index contributed by atoms with van der Waals surface area (Å²) in [5, 5.41) is 0. The molecule has 0 bridgehead atoms. The lowest BCUT2D eigenvalue weighted by atomic mass is 9.95. The third-order valence-electron chi connectivity index (χ3n) is 3.80. The Bertz CT molecular complexity index is 417. The van der Waals surface area contributed by atoms with Crippen molar-refractivity contribution in [3.05, 3.63) is 35.9 Å². The van der Waals surface area contributed by atoms with Crippen LogP contribution in [0.3, 0.4) is 0 Å². The number of carbonyl (C=O) groups is 1. The summed E-state index contributed by atoms with van der Waals surface area (Å²) in [7, 11) is 0. The minimum Gasteiger partial charge on any atom is -0.356 e. The second-order valence-corrected chi connectivity index (χ2v) is 4.94. The highest BCUT2D eigenvalue weighted by atomic mass is 16.5. The summed E-state index contributed by atoms with van der Waals surface area (Å²) in [5.74, 6) is 0.381. The summed E-state index contributed by atoms with van der Waals surface area (Å²) in [5.41, 5.74) is 1.18. The van der Waals surface area contributed by atoms with Crippen molar-refractivity contribution < 1.29 is 9.53 Å². The van der Waals surface area contributed by atoms with Gasteiger partial charge in [-0.25, -0.2) is 0 Å². The molecule has 1 aromatic carbocycles. The van der Waals surface area contributed by atoms with E-state index in [0.29, 0.717) is 6.61 Å². The molecule has 0 saturated carbocycles. The predicted molar refractivity (Wildman–Crippen MR) is 64.2 cm³/mol. The first-order chi connectivity index (χ1) is 8.27. The third kappa shape index (κ3) is 1.75. The molecule has 90 valence electrons. The van der Waals surface area contributed by atoms with Gasteiger partial charge in [0.15, 0.2) is 0 Å². The molecule has 3 atom stereocenters. The zero-order valence-corrected chi connectivity index (χ0v) is 10.0. The molecule has 0 N–H and O–H groups in total. The highest BCUT2D eigenvalue weighted by Gasteiger charge is 2.43. The van der Waals surface area contributed by atoms with E-state index in [0.717, 1.165) is 12.8 Å². The lowest BCUT2D eigenvalue weighted by Crippen LogP contribution is -2.45. The van der Waals surface area contributed by atoms with Crippen LogP contribution in [0.15, 0.2) is 30.3 Å². The fourth-order valence-electron chi connectivity index (χ4n) is 2.78. The number of piperidine rings is 1. The Kier molecular flexibility index (Phi) is 2.63. The van der Waals surface area contributed by atoms with Crippen LogP contribution in [0.5, 0.6) is 0 Å². The Morgan fingerprint density at radius 2 is 2.00 bits per heavy atom. The number of fused-ring (bicyclic) bond motifs is 1. The lowest BCUT2D eigenvalue weighted by molar-refractivity contribution is -0.147. The molecule has 17 heavy (non-hydrogen) atoms. The molecule has 1 aromatic rings. The smallest absolute Gasteiger partial charge is 0.228 e. The summed E-state index contributed by atoms with van der Waals surface area (Å²) >= 11 is 0. The standard InChI is InChI=1S/C14H17NO2/c1-10-7-8-13-15(14(10)16)12(9-17-13)11-5-3-2-4-6-11/h2-6,10,12-13H,7-9H2,1H3/t10-,12-,13-/m0/s1. The van der Waals surface area contributed by atoms with Gasteiger partial charge in [-0.2, -0.15) is 0 Å². The van der Waals surface area contributed by atoms with Gasteiger partial charge in [0.1, 0.15) is 6.23 Å². The van der Waals surface area contributed by atoms with E-state index >= 15 is 0 Å². The van der Waals surface area contributed by atoms with Crippen LogP contribution < -0.4 is 0 Å². The first-order valence-corrected chi connectivity index (χ1v) is 6.26. The number of carbonyl (C=O) groups excluding carboxylic acids is 1. The van der Waals surface area contributed by atoms with Crippen LogP contribution in [0.4, 0.5) is 0 Å². The molecular weight excluding hydrogens is 214 g/mol. The van der Waals surface area contributed by atoms with Gasteiger partial charge in [-0.15, -0.1) is 0 Å². The minimum absolute atomic E-state index is 0.00362. The highest BCUT2D eigenvalue weighted by Crippen LogP contribution is 2.37. The second-order valence-electron chi connectivity index (χ2n) is 4.94. The van der Waals surface area contributed by atoms with E-state index < -0.39 is 0 Å². The van der Waals surface area contributed by atoms with Crippen molar-refractivity contribution in [2.45, 2.75) is 32.0 Å². The van der Waals surface area contributed by atoms with E-state index in [2.05, 4.69) is 12.1 Å². The summed E-state index contributed by atoms with van der Waals surface area (Å²) in [6.07, 6.45) is 1.92. The van der Waals surface area contributed by atoms with Crippen LogP contribution in [0.2, 0.25) is 0 Å². The first kappa shape index (κ1) is 10.8. The van der Waals surface area contributed by atoms with Gasteiger partial charge in [-0.1, -0.05) is 37.3 Å². The molecule has 3 nitrogen and oxygen atoms in total. The molecule has 3 rings (SSSR count). The Hall–Kier alpha value is -1.35. The maximum Gasteiger partial charge on any atom is 0.228 e. The summed E-state index contributed by atoms with van der Waals surface area (Å²) in [6.45, 7) is 2.64. The molecule has 0 aliphatic carbocycles. The minimum atomic E-state index is 0.00362. The molecule has 0 spiro atoms. The third-order valence-corrected chi connectivity index (χ3v) is 3.80. The van der Waals surface area contributed by atoms with Crippen molar-refractivity contribution in [2.75, 3.05) is 6.61 Å². The average molecular weight is 231 g/mol. The van der Waals surface area contributed by atoms with Crippen molar-refractivity contribution >= 4 is 5.91 Å². The largest absolute Gasteiger partial charge is 0.356 e. The zero-order chi connectivity index (χ0) is 11.8. The van der Waals surface area contributed by atoms with Crippen LogP contribution in [-0.4, -0.2) is 23.6 Å². The van der Waals surface area contributed by atoms with E-state index in [-0.39, 0.29) is 24.1 Å². The summed E-state index contributed by atoms with van der Waals surface area (Å²) < 4.78 is 5.75. The Labute approximate surface area is 101 Å². The number of ether oxygens (including phenoxy) is 1. The van der Waals surface area contributed by atoms with E-state index in [9.17, 15) is 4.79 Å². The summed E-state index contributed by atoms with van der Waals surface area (Å²) in [4.78, 5) is 14.2. The van der Waals surface area contributed by atoms with Crippen LogP contribution in [0, 0.1) is 5.92 Å². The van der Waals surface area contributed by atoms with Crippen molar-refractivity contribution in [1.29, 1.82) is 0 Å². The number of nitrogens with zero attached hydrogens (tertiary/aromatic N) is 1. The number of amides is 1. The molecule has 1 amide bonds. The van der Waals surface area contributed by atoms with Crippen LogP contribution >= 0.6 is 0 Å². The second kappa shape index (κ2) is 4.15. The Balaban J connectivity index is 1.90. The van der Waals surface area contributed by atoms with Crippen molar-refractivity contribution in [1.82, 2.24) is 4.90 Å². The molecule has 0 radical (unpaired) electrons. The predicted octanol–water partition coefficient (Wildman–Crippen LogP) is 2.34. The van der Waals surface area contributed by atoms with Gasteiger partial charge in [0.2, 0.25) is 5.91 Å². The van der Waals surface area contributed by atoms with Gasteiger partial charge >= 0.3 is 0 Å². The zero-order valence-electron chi connectivity index (χ0n) is 10.0. The van der Waals surface area contributed by atoms with Gasteiger partial charge in [0, 0.05) is 5.92 Å². The van der Waals surface area contributed by atoms with Crippen molar-refractivity contribution in [3.63, 3.8) is 0 Å². The fraction of sp³-hybridized carbons (Fsp3) is 0.500. The molecular formula is C14H17NO2. The number of hydrogen-bond donors (Lipinski definition) is 0. The molecule has 2 fully saturated rings. The highest BCUT2D eigenvalue weighted by molar-refractivity contribution is 5.80. The van der Waals surface area contributed by atoms with Crippen molar-refractivity contribution in [2.24, 2.45) is 5.92 Å². The van der Waals surface area contributed by atoms with Gasteiger partial charge in [0.05, 0.1) is 12.6 Å². The fourth-order valence-corrected chi connectivity index (χ4v) is 2.78. The van der Waals surface area contributed by atoms with Gasteiger partial charge < -0.3 is 9.64 Å². The molecule has 0 unspecified atom stereocenters. The molecule has 2 heterocycles. The van der Waals surface area contributed by atoms with Crippen LogP contribution in [-0.2, 0) is 9.53 Å². The molecule has 2 aliphatic heterocycles. The summed E-state index contributed by atoms with van der Waals surface area (Å²) in [6, 6.07) is 10.3. The monoisotopic (exact) mass is 231 g/mol. The topological polar surface area (TPSA) is 29.5 Å². The number of benzene rings is 1. The lowest BCUT2D eigenvalue weighted by Gasteiger charge is -2.35. The normalized spacial score (nSPS) is 32.6. The quantitative estimate of drug-likeness (QED) is 0.742. The molecule has 2 aliphatic rings. The molecule has 3 heteroatoms. The molecule has 2 saturated heterocycles. The van der Waals surface area contributed by atoms with Gasteiger partial charge in [0.25, 0.3) is 0 Å². The van der Waals surface area contributed by atoms with Crippen LogP contribution in [0.25, 0.3) is 0 Å². The van der Waals surface area contributed by atoms with Gasteiger partial charge in [-0.05, 0) is 18.4 Å².